The lowest BCUT2D eigenvalue weighted by Crippen LogP contribution is -2.58. The van der Waals surface area contributed by atoms with E-state index in [9.17, 15) is 0 Å². The fourth-order valence-corrected chi connectivity index (χ4v) is 3.30. The largest absolute Gasteiger partial charge is 0.326 e. The monoisotopic (exact) mass is 212 g/mol. The van der Waals surface area contributed by atoms with Crippen LogP contribution in [0.5, 0.6) is 0 Å². The van der Waals surface area contributed by atoms with Gasteiger partial charge in [0.15, 0.2) is 0 Å². The summed E-state index contributed by atoms with van der Waals surface area (Å²) in [5, 5.41) is 0. The third-order valence-electron chi connectivity index (χ3n) is 4.54. The van der Waals surface area contributed by atoms with Crippen LogP contribution < -0.4 is 5.73 Å². The van der Waals surface area contributed by atoms with Gasteiger partial charge in [0.25, 0.3) is 0 Å². The Morgan fingerprint density at radius 2 is 1.60 bits per heavy atom. The van der Waals surface area contributed by atoms with Gasteiger partial charge in [-0.25, -0.2) is 0 Å². The highest BCUT2D eigenvalue weighted by Crippen LogP contribution is 2.39. The highest BCUT2D eigenvalue weighted by atomic mass is 15.2. The van der Waals surface area contributed by atoms with Crippen LogP contribution in [0.1, 0.15) is 52.4 Å². The predicted octanol–water partition coefficient (Wildman–Crippen LogP) is 2.62. The third-order valence-corrected chi connectivity index (χ3v) is 4.54. The average molecular weight is 212 g/mol. The van der Waals surface area contributed by atoms with Crippen LogP contribution in [0.15, 0.2) is 0 Å². The molecule has 0 aromatic rings. The van der Waals surface area contributed by atoms with E-state index in [1.54, 1.807) is 0 Å². The Labute approximate surface area is 95.2 Å². The first-order valence-corrected chi connectivity index (χ1v) is 6.51. The molecule has 2 N–H and O–H groups in total. The highest BCUT2D eigenvalue weighted by Gasteiger charge is 2.43. The second-order valence-corrected chi connectivity index (χ2v) is 5.31. The SMILES string of the molecule is CCC(CC)C(N)C1(N(C)C)CCCC1. The van der Waals surface area contributed by atoms with Crippen molar-refractivity contribution in [1.82, 2.24) is 4.90 Å². The van der Waals surface area contributed by atoms with E-state index in [0.717, 1.165) is 0 Å². The Hall–Kier alpha value is -0.0800. The van der Waals surface area contributed by atoms with Crippen molar-refractivity contribution in [3.05, 3.63) is 0 Å². The molecule has 2 nitrogen and oxygen atoms in total. The van der Waals surface area contributed by atoms with Crippen LogP contribution in [-0.2, 0) is 0 Å². The number of likely N-dealkylation sites (N-methyl/N-ethyl adjacent to an activating group) is 1. The van der Waals surface area contributed by atoms with Crippen LogP contribution in [0.4, 0.5) is 0 Å². The van der Waals surface area contributed by atoms with E-state index in [-0.39, 0.29) is 5.54 Å². The van der Waals surface area contributed by atoms with Gasteiger partial charge in [-0.05, 0) is 32.9 Å². The smallest absolute Gasteiger partial charge is 0.0357 e. The lowest BCUT2D eigenvalue weighted by molar-refractivity contribution is 0.0911. The molecule has 1 aliphatic rings. The minimum Gasteiger partial charge on any atom is -0.326 e. The lowest BCUT2D eigenvalue weighted by Gasteiger charge is -2.44. The summed E-state index contributed by atoms with van der Waals surface area (Å²) in [6.07, 6.45) is 7.72. The summed E-state index contributed by atoms with van der Waals surface area (Å²) >= 11 is 0. The molecule has 0 aromatic heterocycles. The molecule has 1 saturated carbocycles. The molecule has 0 aromatic carbocycles. The molecule has 0 heterocycles. The number of hydrogen-bond donors (Lipinski definition) is 1. The van der Waals surface area contributed by atoms with Crippen molar-refractivity contribution in [2.45, 2.75) is 64.0 Å². The lowest BCUT2D eigenvalue weighted by atomic mass is 9.77. The second kappa shape index (κ2) is 5.31. The molecule has 1 aliphatic carbocycles. The van der Waals surface area contributed by atoms with E-state index >= 15 is 0 Å². The minimum absolute atomic E-state index is 0.288. The second-order valence-electron chi connectivity index (χ2n) is 5.31. The van der Waals surface area contributed by atoms with Crippen molar-refractivity contribution in [1.29, 1.82) is 0 Å². The molecule has 1 atom stereocenters. The Balaban J connectivity index is 2.79. The van der Waals surface area contributed by atoms with Crippen molar-refractivity contribution >= 4 is 0 Å². The van der Waals surface area contributed by atoms with Crippen LogP contribution in [0.2, 0.25) is 0 Å². The molecule has 1 fully saturated rings. The first-order chi connectivity index (χ1) is 7.08. The number of hydrogen-bond acceptors (Lipinski definition) is 2. The summed E-state index contributed by atoms with van der Waals surface area (Å²) in [4.78, 5) is 2.39. The van der Waals surface area contributed by atoms with E-state index in [2.05, 4.69) is 32.8 Å². The summed E-state index contributed by atoms with van der Waals surface area (Å²) in [7, 11) is 4.40. The summed E-state index contributed by atoms with van der Waals surface area (Å²) < 4.78 is 0. The van der Waals surface area contributed by atoms with E-state index in [4.69, 9.17) is 5.73 Å². The van der Waals surface area contributed by atoms with E-state index in [1.165, 1.54) is 38.5 Å². The maximum Gasteiger partial charge on any atom is 0.0357 e. The van der Waals surface area contributed by atoms with Crippen LogP contribution in [0.3, 0.4) is 0 Å². The van der Waals surface area contributed by atoms with E-state index in [0.29, 0.717) is 12.0 Å². The van der Waals surface area contributed by atoms with Crippen LogP contribution in [-0.4, -0.2) is 30.6 Å². The molecule has 0 spiro atoms. The maximum absolute atomic E-state index is 6.54. The Morgan fingerprint density at radius 1 is 1.13 bits per heavy atom. The summed E-state index contributed by atoms with van der Waals surface area (Å²) in [5.74, 6) is 0.686. The fraction of sp³-hybridized carbons (Fsp3) is 1.00. The molecule has 15 heavy (non-hydrogen) atoms. The zero-order valence-electron chi connectivity index (χ0n) is 10.9. The number of rotatable bonds is 5. The molecule has 0 saturated heterocycles. The first-order valence-electron chi connectivity index (χ1n) is 6.51. The molecule has 0 radical (unpaired) electrons. The van der Waals surface area contributed by atoms with Gasteiger partial charge in [0.2, 0.25) is 0 Å². The van der Waals surface area contributed by atoms with Gasteiger partial charge in [0.05, 0.1) is 0 Å². The topological polar surface area (TPSA) is 29.3 Å². The normalized spacial score (nSPS) is 22.6. The zero-order chi connectivity index (χ0) is 11.5. The quantitative estimate of drug-likeness (QED) is 0.759. The molecule has 1 rings (SSSR count). The zero-order valence-corrected chi connectivity index (χ0v) is 10.9. The van der Waals surface area contributed by atoms with Crippen molar-refractivity contribution in [2.75, 3.05) is 14.1 Å². The number of nitrogens with zero attached hydrogens (tertiary/aromatic N) is 1. The van der Waals surface area contributed by atoms with E-state index in [1.807, 2.05) is 0 Å². The minimum atomic E-state index is 0.288. The van der Waals surface area contributed by atoms with Crippen molar-refractivity contribution in [3.8, 4) is 0 Å². The Bertz CT molecular complexity index is 179. The van der Waals surface area contributed by atoms with Crippen LogP contribution in [0, 0.1) is 5.92 Å². The first kappa shape index (κ1) is 13.0. The van der Waals surface area contributed by atoms with Crippen molar-refractivity contribution < 1.29 is 0 Å². The molecule has 0 aliphatic heterocycles. The maximum atomic E-state index is 6.54. The molecular formula is C13H28N2. The van der Waals surface area contributed by atoms with E-state index < -0.39 is 0 Å². The van der Waals surface area contributed by atoms with Gasteiger partial charge in [-0.3, -0.25) is 0 Å². The van der Waals surface area contributed by atoms with Crippen molar-refractivity contribution in [2.24, 2.45) is 11.7 Å². The summed E-state index contributed by atoms with van der Waals surface area (Å²) in [5.41, 5.74) is 6.83. The molecule has 0 amide bonds. The fourth-order valence-electron chi connectivity index (χ4n) is 3.30. The Kier molecular flexibility index (Phi) is 4.60. The van der Waals surface area contributed by atoms with Gasteiger partial charge < -0.3 is 10.6 Å². The highest BCUT2D eigenvalue weighted by molar-refractivity contribution is 5.02. The third kappa shape index (κ3) is 2.36. The standard InChI is InChI=1S/C13H28N2/c1-5-11(6-2)12(14)13(15(3)4)9-7-8-10-13/h11-12H,5-10,14H2,1-4H3. The Morgan fingerprint density at radius 3 is 1.93 bits per heavy atom. The van der Waals surface area contributed by atoms with Crippen LogP contribution in [0.25, 0.3) is 0 Å². The van der Waals surface area contributed by atoms with Crippen LogP contribution >= 0.6 is 0 Å². The van der Waals surface area contributed by atoms with Gasteiger partial charge in [-0.2, -0.15) is 0 Å². The molecule has 1 unspecified atom stereocenters. The molecule has 90 valence electrons. The van der Waals surface area contributed by atoms with Gasteiger partial charge in [0, 0.05) is 11.6 Å². The van der Waals surface area contributed by atoms with Gasteiger partial charge in [-0.1, -0.05) is 39.5 Å². The summed E-state index contributed by atoms with van der Waals surface area (Å²) in [6.45, 7) is 4.54. The molecular weight excluding hydrogens is 184 g/mol. The average Bonchev–Trinajstić information content (AvgIpc) is 2.69. The van der Waals surface area contributed by atoms with Gasteiger partial charge in [0.1, 0.15) is 0 Å². The predicted molar refractivity (Wildman–Crippen MR) is 66.9 cm³/mol. The van der Waals surface area contributed by atoms with Crippen molar-refractivity contribution in [3.63, 3.8) is 0 Å². The van der Waals surface area contributed by atoms with Gasteiger partial charge in [-0.15, -0.1) is 0 Å². The molecule has 2 heteroatoms. The molecule has 0 bridgehead atoms. The summed E-state index contributed by atoms with van der Waals surface area (Å²) in [6, 6.07) is 0.352. The number of nitrogens with two attached hydrogens (primary N) is 1. The van der Waals surface area contributed by atoms with Gasteiger partial charge >= 0.3 is 0 Å².